The number of benzene rings is 1. The van der Waals surface area contributed by atoms with Gasteiger partial charge in [-0.1, -0.05) is 0 Å². The van der Waals surface area contributed by atoms with Crippen LogP contribution in [0, 0.1) is 29.1 Å². The molecule has 39 heavy (non-hydrogen) atoms. The molecule has 0 aliphatic carbocycles. The quantitative estimate of drug-likeness (QED) is 0.0655. The molecule has 0 bridgehead atoms. The van der Waals surface area contributed by atoms with Crippen LogP contribution >= 0.6 is 0 Å². The highest BCUT2D eigenvalue weighted by Gasteiger charge is 2.49. The van der Waals surface area contributed by atoms with Gasteiger partial charge >= 0.3 is 7.32 Å². The lowest BCUT2D eigenvalue weighted by Crippen LogP contribution is -2.50. The van der Waals surface area contributed by atoms with Crippen molar-refractivity contribution in [2.75, 3.05) is 59.5 Å². The Bertz CT molecular complexity index is 793. The lowest BCUT2D eigenvalue weighted by Gasteiger charge is -2.37. The minimum Gasteiger partial charge on any atom is -0.377 e. The van der Waals surface area contributed by atoms with Crippen LogP contribution in [0.1, 0.15) is 47.1 Å². The van der Waals surface area contributed by atoms with Gasteiger partial charge in [0.1, 0.15) is 6.61 Å². The zero-order valence-corrected chi connectivity index (χ0v) is 23.2. The van der Waals surface area contributed by atoms with E-state index in [-0.39, 0.29) is 39.6 Å². The lowest BCUT2D eigenvalue weighted by atomic mass is 10.0. The van der Waals surface area contributed by atoms with Crippen LogP contribution in [0.15, 0.2) is 0 Å². The maximum atomic E-state index is 15.1. The number of rotatable bonds is 22. The highest BCUT2D eigenvalue weighted by molar-refractivity contribution is 6.36. The molecular formula is C24H38BF5O9. The van der Waals surface area contributed by atoms with Crippen molar-refractivity contribution in [1.29, 1.82) is 0 Å². The largest absolute Gasteiger partial charge is 0.645 e. The van der Waals surface area contributed by atoms with Crippen LogP contribution in [0.5, 0.6) is 0 Å². The van der Waals surface area contributed by atoms with Gasteiger partial charge in [-0.2, -0.15) is 0 Å². The predicted molar refractivity (Wildman–Crippen MR) is 129 cm³/mol. The van der Waals surface area contributed by atoms with Gasteiger partial charge in [0, 0.05) is 39.6 Å². The first-order valence-corrected chi connectivity index (χ1v) is 12.8. The van der Waals surface area contributed by atoms with Crippen LogP contribution in [0.25, 0.3) is 0 Å². The molecule has 0 amide bonds. The van der Waals surface area contributed by atoms with E-state index >= 15 is 8.78 Å². The van der Waals surface area contributed by atoms with Crippen molar-refractivity contribution in [3.8, 4) is 0 Å². The fourth-order valence-corrected chi connectivity index (χ4v) is 3.27. The standard InChI is InChI=1S/C24H38BF5O9/c1-7-31-13-16(34-10-4)37-25(38-17(35-11-5)14-32-8-2)39-24(36-12-6,15-33-9-3)18-19(26)21(28)23(30)22(29)20(18)27/h16-17H,7-15H2,1-6H3. The molecule has 0 aromatic heterocycles. The maximum absolute atomic E-state index is 15.1. The predicted octanol–water partition coefficient (Wildman–Crippen LogP) is 4.44. The topological polar surface area (TPSA) is 83.1 Å². The zero-order valence-electron chi connectivity index (χ0n) is 23.2. The van der Waals surface area contributed by atoms with Gasteiger partial charge in [0.05, 0.1) is 18.8 Å². The van der Waals surface area contributed by atoms with E-state index in [1.54, 1.807) is 34.6 Å². The molecule has 15 heteroatoms. The third-order valence-corrected chi connectivity index (χ3v) is 4.90. The van der Waals surface area contributed by atoms with Crippen molar-refractivity contribution in [3.05, 3.63) is 34.6 Å². The molecule has 0 N–H and O–H groups in total. The van der Waals surface area contributed by atoms with E-state index < -0.39 is 66.9 Å². The Kier molecular flexibility index (Phi) is 17.2. The van der Waals surface area contributed by atoms with Gasteiger partial charge < -0.3 is 42.4 Å². The van der Waals surface area contributed by atoms with Crippen molar-refractivity contribution in [3.63, 3.8) is 0 Å². The Labute approximate surface area is 226 Å². The summed E-state index contributed by atoms with van der Waals surface area (Å²) in [5, 5.41) is 0. The molecule has 9 nitrogen and oxygen atoms in total. The molecule has 0 heterocycles. The van der Waals surface area contributed by atoms with Crippen LogP contribution < -0.4 is 0 Å². The minimum atomic E-state index is -2.73. The van der Waals surface area contributed by atoms with Crippen LogP contribution in [0.3, 0.4) is 0 Å². The minimum absolute atomic E-state index is 0.0300. The third-order valence-electron chi connectivity index (χ3n) is 4.90. The second-order valence-corrected chi connectivity index (χ2v) is 7.54. The summed E-state index contributed by atoms with van der Waals surface area (Å²) < 4.78 is 122. The lowest BCUT2D eigenvalue weighted by molar-refractivity contribution is -0.259. The number of ether oxygens (including phenoxy) is 6. The molecule has 0 saturated carbocycles. The summed E-state index contributed by atoms with van der Waals surface area (Å²) in [5.41, 5.74) is -1.43. The van der Waals surface area contributed by atoms with Gasteiger partial charge in [0.25, 0.3) is 0 Å². The second kappa shape index (κ2) is 18.8. The molecular weight excluding hydrogens is 538 g/mol. The molecule has 0 spiro atoms. The summed E-state index contributed by atoms with van der Waals surface area (Å²) in [4.78, 5) is 0. The van der Waals surface area contributed by atoms with E-state index in [4.69, 9.17) is 42.4 Å². The van der Waals surface area contributed by atoms with Gasteiger partial charge in [-0.05, 0) is 41.5 Å². The molecule has 3 unspecified atom stereocenters. The van der Waals surface area contributed by atoms with E-state index in [1.807, 2.05) is 0 Å². The fraction of sp³-hybridized carbons (Fsp3) is 0.750. The van der Waals surface area contributed by atoms with Crippen LogP contribution in [-0.2, 0) is 48.2 Å². The molecule has 3 atom stereocenters. The molecule has 226 valence electrons. The molecule has 1 rings (SSSR count). The first kappa shape index (κ1) is 35.6. The maximum Gasteiger partial charge on any atom is 0.645 e. The van der Waals surface area contributed by atoms with Gasteiger partial charge in [0.15, 0.2) is 35.8 Å². The average Bonchev–Trinajstić information content (AvgIpc) is 2.91. The van der Waals surface area contributed by atoms with Gasteiger partial charge in [-0.15, -0.1) is 0 Å². The number of hydrogen-bond donors (Lipinski definition) is 0. The first-order chi connectivity index (χ1) is 18.7. The molecule has 1 aromatic rings. The van der Waals surface area contributed by atoms with Crippen LogP contribution in [0.4, 0.5) is 22.0 Å². The van der Waals surface area contributed by atoms with E-state index in [2.05, 4.69) is 0 Å². The smallest absolute Gasteiger partial charge is 0.377 e. The molecule has 0 saturated heterocycles. The molecule has 0 radical (unpaired) electrons. The zero-order chi connectivity index (χ0) is 29.4. The summed E-state index contributed by atoms with van der Waals surface area (Å²) in [6.07, 6.45) is -2.28. The highest BCUT2D eigenvalue weighted by atomic mass is 19.2. The monoisotopic (exact) mass is 576 g/mol. The van der Waals surface area contributed by atoms with Crippen molar-refractivity contribution >= 4 is 7.32 Å². The molecule has 0 aliphatic heterocycles. The van der Waals surface area contributed by atoms with Gasteiger partial charge in [0.2, 0.25) is 11.6 Å². The Morgan fingerprint density at radius 3 is 1.41 bits per heavy atom. The van der Waals surface area contributed by atoms with Gasteiger partial charge in [-0.25, -0.2) is 22.0 Å². The van der Waals surface area contributed by atoms with E-state index in [9.17, 15) is 13.2 Å². The third kappa shape index (κ3) is 10.5. The summed E-state index contributed by atoms with van der Waals surface area (Å²) in [6.45, 7) is 9.29. The van der Waals surface area contributed by atoms with Gasteiger partial charge in [-0.3, -0.25) is 0 Å². The van der Waals surface area contributed by atoms with Crippen molar-refractivity contribution in [1.82, 2.24) is 0 Å². The summed E-state index contributed by atoms with van der Waals surface area (Å²) in [5.74, 6) is -13.8. The van der Waals surface area contributed by atoms with Crippen molar-refractivity contribution < 1.29 is 64.3 Å². The molecule has 1 aromatic carbocycles. The van der Waals surface area contributed by atoms with Crippen LogP contribution in [0.2, 0.25) is 0 Å². The normalized spacial score (nSPS) is 14.8. The molecule has 0 fully saturated rings. The summed E-state index contributed by atoms with van der Waals surface area (Å²) in [6, 6.07) is 0. The van der Waals surface area contributed by atoms with E-state index in [0.717, 1.165) is 0 Å². The Balaban J connectivity index is 3.69. The first-order valence-electron chi connectivity index (χ1n) is 12.8. The number of halogens is 5. The summed E-state index contributed by atoms with van der Waals surface area (Å²) in [7, 11) is -1.93. The SMILES string of the molecule is CCOCC(OCC)OB(OC(COCC)OCC)OC(COCC)(OCC)c1c(F)c(F)c(F)c(F)c1F. The Hall–Kier alpha value is -1.43. The van der Waals surface area contributed by atoms with Crippen LogP contribution in [-0.4, -0.2) is 79.4 Å². The number of hydrogen-bond acceptors (Lipinski definition) is 9. The fourth-order valence-electron chi connectivity index (χ4n) is 3.27. The highest BCUT2D eigenvalue weighted by Crippen LogP contribution is 2.37. The average molecular weight is 576 g/mol. The van der Waals surface area contributed by atoms with Crippen molar-refractivity contribution in [2.45, 2.75) is 59.9 Å². The summed E-state index contributed by atoms with van der Waals surface area (Å²) >= 11 is 0. The molecule has 0 aliphatic rings. The van der Waals surface area contributed by atoms with Crippen molar-refractivity contribution in [2.24, 2.45) is 0 Å². The van der Waals surface area contributed by atoms with E-state index in [0.29, 0.717) is 13.2 Å². The van der Waals surface area contributed by atoms with E-state index in [1.165, 1.54) is 6.92 Å². The Morgan fingerprint density at radius 1 is 0.590 bits per heavy atom. The second-order valence-electron chi connectivity index (χ2n) is 7.54. The Morgan fingerprint density at radius 2 is 1.03 bits per heavy atom.